The molecule has 0 aliphatic carbocycles. The maximum Gasteiger partial charge on any atom is 0.308 e. The van der Waals surface area contributed by atoms with Crippen molar-refractivity contribution in [2.75, 3.05) is 6.61 Å². The summed E-state index contributed by atoms with van der Waals surface area (Å²) in [7, 11) is 0. The summed E-state index contributed by atoms with van der Waals surface area (Å²) in [4.78, 5) is 11.7. The van der Waals surface area contributed by atoms with Crippen molar-refractivity contribution in [1.29, 1.82) is 0 Å². The van der Waals surface area contributed by atoms with E-state index in [1.807, 2.05) is 6.92 Å². The molecule has 0 aromatic carbocycles. The molecule has 0 amide bonds. The van der Waals surface area contributed by atoms with Crippen LogP contribution in [0.3, 0.4) is 0 Å². The van der Waals surface area contributed by atoms with Crippen LogP contribution in [0.1, 0.15) is 78.6 Å². The molecule has 0 fully saturated rings. The van der Waals surface area contributed by atoms with Gasteiger partial charge in [-0.2, -0.15) is 0 Å². The number of unbranched alkanes of at least 4 members (excludes halogenated alkanes) is 5. The molecule has 0 heterocycles. The van der Waals surface area contributed by atoms with Gasteiger partial charge in [0, 0.05) is 0 Å². The van der Waals surface area contributed by atoms with E-state index >= 15 is 0 Å². The molecule has 0 radical (unpaired) electrons. The third kappa shape index (κ3) is 9.20. The molecule has 0 bridgehead atoms. The first-order chi connectivity index (χ1) is 8.26. The Balaban J connectivity index is 3.80. The third-order valence-corrected chi connectivity index (χ3v) is 3.18. The normalized spacial score (nSPS) is 12.4. The van der Waals surface area contributed by atoms with E-state index in [0.29, 0.717) is 6.61 Å². The lowest BCUT2D eigenvalue weighted by Crippen LogP contribution is -2.17. The van der Waals surface area contributed by atoms with Gasteiger partial charge in [-0.25, -0.2) is 0 Å². The van der Waals surface area contributed by atoms with Crippen molar-refractivity contribution in [2.45, 2.75) is 78.6 Å². The molecule has 102 valence electrons. The number of carbonyl (C=O) groups excluding carboxylic acids is 1. The van der Waals surface area contributed by atoms with E-state index in [-0.39, 0.29) is 11.9 Å². The van der Waals surface area contributed by atoms with Crippen molar-refractivity contribution in [2.24, 2.45) is 5.92 Å². The highest BCUT2D eigenvalue weighted by atomic mass is 16.5. The average molecular weight is 242 g/mol. The second kappa shape index (κ2) is 11.9. The van der Waals surface area contributed by atoms with Gasteiger partial charge in [-0.1, -0.05) is 58.8 Å². The first kappa shape index (κ1) is 16.5. The first-order valence-corrected chi connectivity index (χ1v) is 7.42. The van der Waals surface area contributed by atoms with Gasteiger partial charge in [-0.3, -0.25) is 4.79 Å². The van der Waals surface area contributed by atoms with Crippen molar-refractivity contribution < 1.29 is 9.53 Å². The fraction of sp³-hybridized carbons (Fsp3) is 0.933. The fourth-order valence-electron chi connectivity index (χ4n) is 2.08. The second-order valence-corrected chi connectivity index (χ2v) is 4.79. The molecule has 0 rings (SSSR count). The van der Waals surface area contributed by atoms with Gasteiger partial charge >= 0.3 is 5.97 Å². The minimum Gasteiger partial charge on any atom is -0.466 e. The quantitative estimate of drug-likeness (QED) is 0.387. The second-order valence-electron chi connectivity index (χ2n) is 4.79. The molecule has 0 aromatic heterocycles. The van der Waals surface area contributed by atoms with Gasteiger partial charge in [-0.15, -0.1) is 0 Å². The van der Waals surface area contributed by atoms with E-state index in [1.165, 1.54) is 32.1 Å². The van der Waals surface area contributed by atoms with Gasteiger partial charge in [0.05, 0.1) is 12.5 Å². The number of rotatable bonds is 11. The summed E-state index contributed by atoms with van der Waals surface area (Å²) >= 11 is 0. The summed E-state index contributed by atoms with van der Waals surface area (Å²) < 4.78 is 5.14. The standard InChI is InChI=1S/C15H30O2/c1-4-7-9-10-11-13-14(12-8-5-2)15(16)17-6-3/h14H,4-13H2,1-3H3. The Morgan fingerprint density at radius 2 is 1.47 bits per heavy atom. The Hall–Kier alpha value is -0.530. The van der Waals surface area contributed by atoms with Crippen LogP contribution in [0.5, 0.6) is 0 Å². The molecule has 1 atom stereocenters. The predicted octanol–water partition coefficient (Wildman–Crippen LogP) is 4.72. The summed E-state index contributed by atoms with van der Waals surface area (Å²) in [5.74, 6) is 0.174. The molecule has 1 unspecified atom stereocenters. The molecule has 17 heavy (non-hydrogen) atoms. The highest BCUT2D eigenvalue weighted by Crippen LogP contribution is 2.19. The van der Waals surface area contributed by atoms with Crippen LogP contribution in [-0.4, -0.2) is 12.6 Å². The van der Waals surface area contributed by atoms with Crippen LogP contribution in [0, 0.1) is 5.92 Å². The summed E-state index contributed by atoms with van der Waals surface area (Å²) in [6.07, 6.45) is 10.6. The zero-order valence-corrected chi connectivity index (χ0v) is 12.0. The number of hydrogen-bond acceptors (Lipinski definition) is 2. The first-order valence-electron chi connectivity index (χ1n) is 7.42. The van der Waals surface area contributed by atoms with E-state index in [2.05, 4.69) is 13.8 Å². The lowest BCUT2D eigenvalue weighted by molar-refractivity contribution is -0.148. The lowest BCUT2D eigenvalue weighted by Gasteiger charge is -2.14. The molecule has 0 saturated heterocycles. The van der Waals surface area contributed by atoms with Crippen molar-refractivity contribution in [1.82, 2.24) is 0 Å². The van der Waals surface area contributed by atoms with Gasteiger partial charge in [-0.05, 0) is 19.8 Å². The van der Waals surface area contributed by atoms with E-state index in [1.54, 1.807) is 0 Å². The molecule has 0 aliphatic heterocycles. The number of carbonyl (C=O) groups is 1. The number of esters is 1. The maximum absolute atomic E-state index is 11.7. The highest BCUT2D eigenvalue weighted by Gasteiger charge is 2.18. The van der Waals surface area contributed by atoms with Crippen molar-refractivity contribution in [3.8, 4) is 0 Å². The molecule has 0 spiro atoms. The largest absolute Gasteiger partial charge is 0.466 e. The van der Waals surface area contributed by atoms with Gasteiger partial charge in [0.2, 0.25) is 0 Å². The Labute approximate surface area is 107 Å². The monoisotopic (exact) mass is 242 g/mol. The predicted molar refractivity (Wildman–Crippen MR) is 73.0 cm³/mol. The van der Waals surface area contributed by atoms with Gasteiger partial charge in [0.15, 0.2) is 0 Å². The molecule has 2 heteroatoms. The van der Waals surface area contributed by atoms with E-state index in [0.717, 1.165) is 25.7 Å². The van der Waals surface area contributed by atoms with Crippen LogP contribution in [-0.2, 0) is 9.53 Å². The summed E-state index contributed by atoms with van der Waals surface area (Å²) in [6, 6.07) is 0. The van der Waals surface area contributed by atoms with Crippen LogP contribution >= 0.6 is 0 Å². The molecular weight excluding hydrogens is 212 g/mol. The van der Waals surface area contributed by atoms with E-state index in [9.17, 15) is 4.79 Å². The average Bonchev–Trinajstić information content (AvgIpc) is 2.33. The minimum absolute atomic E-state index is 0.0245. The van der Waals surface area contributed by atoms with Crippen molar-refractivity contribution in [3.05, 3.63) is 0 Å². The van der Waals surface area contributed by atoms with Crippen LogP contribution < -0.4 is 0 Å². The minimum atomic E-state index is 0.0245. The number of hydrogen-bond donors (Lipinski definition) is 0. The molecular formula is C15H30O2. The zero-order chi connectivity index (χ0) is 12.9. The van der Waals surface area contributed by atoms with Crippen LogP contribution in [0.2, 0.25) is 0 Å². The third-order valence-electron chi connectivity index (χ3n) is 3.18. The van der Waals surface area contributed by atoms with Gasteiger partial charge in [0.25, 0.3) is 0 Å². The van der Waals surface area contributed by atoms with E-state index in [4.69, 9.17) is 4.74 Å². The molecule has 0 saturated carbocycles. The Kier molecular flexibility index (Phi) is 11.6. The summed E-state index contributed by atoms with van der Waals surface area (Å²) in [6.45, 7) is 6.79. The molecule has 0 aliphatic rings. The lowest BCUT2D eigenvalue weighted by atomic mass is 9.95. The maximum atomic E-state index is 11.7. The SMILES string of the molecule is CCCCCCCC(CCCC)C(=O)OCC. The van der Waals surface area contributed by atoms with Crippen LogP contribution in [0.4, 0.5) is 0 Å². The summed E-state index contributed by atoms with van der Waals surface area (Å²) in [5, 5.41) is 0. The highest BCUT2D eigenvalue weighted by molar-refractivity contribution is 5.72. The smallest absolute Gasteiger partial charge is 0.308 e. The van der Waals surface area contributed by atoms with Crippen molar-refractivity contribution >= 4 is 5.97 Å². The van der Waals surface area contributed by atoms with Gasteiger partial charge in [0.1, 0.15) is 0 Å². The topological polar surface area (TPSA) is 26.3 Å². The van der Waals surface area contributed by atoms with Crippen molar-refractivity contribution in [3.63, 3.8) is 0 Å². The van der Waals surface area contributed by atoms with Gasteiger partial charge < -0.3 is 4.74 Å². The molecule has 0 N–H and O–H groups in total. The van der Waals surface area contributed by atoms with E-state index < -0.39 is 0 Å². The molecule has 2 nitrogen and oxygen atoms in total. The Morgan fingerprint density at radius 3 is 2.06 bits per heavy atom. The van der Waals surface area contributed by atoms with Crippen LogP contribution in [0.15, 0.2) is 0 Å². The van der Waals surface area contributed by atoms with Crippen LogP contribution in [0.25, 0.3) is 0 Å². The Bertz CT molecular complexity index is 178. The zero-order valence-electron chi connectivity index (χ0n) is 12.0. The summed E-state index contributed by atoms with van der Waals surface area (Å²) in [5.41, 5.74) is 0. The molecule has 0 aromatic rings. The fourth-order valence-corrected chi connectivity index (χ4v) is 2.08. The Morgan fingerprint density at radius 1 is 0.882 bits per heavy atom. The number of ether oxygens (including phenoxy) is 1.